The first kappa shape index (κ1) is 14.8. The van der Waals surface area contributed by atoms with Crippen molar-refractivity contribution < 1.29 is 13.2 Å². The van der Waals surface area contributed by atoms with Crippen molar-refractivity contribution >= 4 is 15.7 Å². The molecular formula is C14H23N3O3S. The Labute approximate surface area is 125 Å². The van der Waals surface area contributed by atoms with Crippen molar-refractivity contribution in [2.24, 2.45) is 0 Å². The summed E-state index contributed by atoms with van der Waals surface area (Å²) in [5.74, 6) is 1.22. The van der Waals surface area contributed by atoms with Gasteiger partial charge in [-0.3, -0.25) is 0 Å². The molecule has 2 saturated heterocycles. The molecule has 1 aromatic heterocycles. The standard InChI is InChI=1S/C14H23N3O3S/c1-9(2)12-13(11-4-3-6-20-11)16-17(14(12)15)10-5-7-21(18,19)8-10/h9-11H,3-8,15H2,1-2H3. The van der Waals surface area contributed by atoms with Crippen molar-refractivity contribution in [1.29, 1.82) is 0 Å². The molecule has 0 radical (unpaired) electrons. The highest BCUT2D eigenvalue weighted by Gasteiger charge is 2.34. The molecule has 2 fully saturated rings. The van der Waals surface area contributed by atoms with Gasteiger partial charge in [0.15, 0.2) is 9.84 Å². The maximum atomic E-state index is 11.7. The van der Waals surface area contributed by atoms with Crippen LogP contribution in [-0.2, 0) is 14.6 Å². The summed E-state index contributed by atoms with van der Waals surface area (Å²) in [6, 6.07) is -0.136. The van der Waals surface area contributed by atoms with E-state index in [4.69, 9.17) is 10.5 Å². The molecule has 1 aromatic rings. The zero-order valence-electron chi connectivity index (χ0n) is 12.6. The van der Waals surface area contributed by atoms with Gasteiger partial charge in [-0.15, -0.1) is 0 Å². The predicted molar refractivity (Wildman–Crippen MR) is 81.0 cm³/mol. The van der Waals surface area contributed by atoms with E-state index >= 15 is 0 Å². The van der Waals surface area contributed by atoms with Gasteiger partial charge in [-0.2, -0.15) is 5.10 Å². The van der Waals surface area contributed by atoms with Crippen molar-refractivity contribution in [3.05, 3.63) is 11.3 Å². The van der Waals surface area contributed by atoms with Gasteiger partial charge in [0.2, 0.25) is 0 Å². The summed E-state index contributed by atoms with van der Waals surface area (Å²) in [5, 5.41) is 4.66. The highest BCUT2D eigenvalue weighted by molar-refractivity contribution is 7.91. The summed E-state index contributed by atoms with van der Waals surface area (Å²) < 4.78 is 30.9. The van der Waals surface area contributed by atoms with Gasteiger partial charge in [0.05, 0.1) is 23.2 Å². The third kappa shape index (κ3) is 2.68. The molecule has 0 saturated carbocycles. The van der Waals surface area contributed by atoms with Gasteiger partial charge in [-0.05, 0) is 25.2 Å². The molecule has 2 atom stereocenters. The van der Waals surface area contributed by atoms with Crippen LogP contribution in [0.1, 0.15) is 62.4 Å². The van der Waals surface area contributed by atoms with E-state index in [1.54, 1.807) is 4.68 Å². The Balaban J connectivity index is 2.00. The van der Waals surface area contributed by atoms with E-state index in [1.165, 1.54) is 0 Å². The summed E-state index contributed by atoms with van der Waals surface area (Å²) in [4.78, 5) is 0. The first-order valence-corrected chi connectivity index (χ1v) is 9.41. The Kier molecular flexibility index (Phi) is 3.73. The van der Waals surface area contributed by atoms with E-state index in [-0.39, 0.29) is 29.6 Å². The summed E-state index contributed by atoms with van der Waals surface area (Å²) >= 11 is 0. The summed E-state index contributed by atoms with van der Waals surface area (Å²) in [6.45, 7) is 4.93. The van der Waals surface area contributed by atoms with Gasteiger partial charge in [0, 0.05) is 12.2 Å². The molecule has 6 nitrogen and oxygen atoms in total. The van der Waals surface area contributed by atoms with Crippen LogP contribution in [0.25, 0.3) is 0 Å². The van der Waals surface area contributed by atoms with Crippen molar-refractivity contribution in [2.75, 3.05) is 23.8 Å². The minimum Gasteiger partial charge on any atom is -0.384 e. The van der Waals surface area contributed by atoms with E-state index in [0.717, 1.165) is 30.7 Å². The van der Waals surface area contributed by atoms with Crippen molar-refractivity contribution in [2.45, 2.75) is 51.2 Å². The van der Waals surface area contributed by atoms with Crippen LogP contribution in [0.4, 0.5) is 5.82 Å². The van der Waals surface area contributed by atoms with Crippen LogP contribution in [0.3, 0.4) is 0 Å². The summed E-state index contributed by atoms with van der Waals surface area (Å²) in [6.07, 6.45) is 2.59. The smallest absolute Gasteiger partial charge is 0.152 e. The van der Waals surface area contributed by atoms with Gasteiger partial charge < -0.3 is 10.5 Å². The lowest BCUT2D eigenvalue weighted by molar-refractivity contribution is 0.107. The van der Waals surface area contributed by atoms with Crippen LogP contribution in [0, 0.1) is 0 Å². The van der Waals surface area contributed by atoms with Gasteiger partial charge in [0.25, 0.3) is 0 Å². The van der Waals surface area contributed by atoms with E-state index < -0.39 is 9.84 Å². The highest BCUT2D eigenvalue weighted by Crippen LogP contribution is 2.38. The van der Waals surface area contributed by atoms with Crippen molar-refractivity contribution in [3.63, 3.8) is 0 Å². The molecule has 0 aromatic carbocycles. The second-order valence-corrected chi connectivity index (χ2v) is 8.57. The molecule has 2 aliphatic rings. The minimum absolute atomic E-state index is 0.00367. The Morgan fingerprint density at radius 3 is 2.67 bits per heavy atom. The Bertz CT molecular complexity index is 630. The lowest BCUT2D eigenvalue weighted by atomic mass is 9.99. The molecular weight excluding hydrogens is 290 g/mol. The average molecular weight is 313 g/mol. The molecule has 7 heteroatoms. The zero-order chi connectivity index (χ0) is 15.2. The molecule has 118 valence electrons. The largest absolute Gasteiger partial charge is 0.384 e. The molecule has 0 bridgehead atoms. The maximum absolute atomic E-state index is 11.7. The Morgan fingerprint density at radius 1 is 1.38 bits per heavy atom. The summed E-state index contributed by atoms with van der Waals surface area (Å²) in [5.41, 5.74) is 8.22. The van der Waals surface area contributed by atoms with Crippen LogP contribution in [0.15, 0.2) is 0 Å². The number of rotatable bonds is 3. The van der Waals surface area contributed by atoms with Crippen LogP contribution >= 0.6 is 0 Å². The maximum Gasteiger partial charge on any atom is 0.152 e. The van der Waals surface area contributed by atoms with E-state index in [9.17, 15) is 8.42 Å². The third-order valence-corrected chi connectivity index (χ3v) is 6.13. The second kappa shape index (κ2) is 5.28. The molecule has 2 unspecified atom stereocenters. The lowest BCUT2D eigenvalue weighted by Gasteiger charge is -2.12. The fourth-order valence-electron chi connectivity index (χ4n) is 3.35. The van der Waals surface area contributed by atoms with Crippen LogP contribution < -0.4 is 5.73 Å². The van der Waals surface area contributed by atoms with E-state index in [2.05, 4.69) is 18.9 Å². The van der Waals surface area contributed by atoms with Crippen LogP contribution in [0.5, 0.6) is 0 Å². The number of aromatic nitrogens is 2. The lowest BCUT2D eigenvalue weighted by Crippen LogP contribution is -2.15. The molecule has 0 aliphatic carbocycles. The summed E-state index contributed by atoms with van der Waals surface area (Å²) in [7, 11) is -2.95. The topological polar surface area (TPSA) is 87.2 Å². The third-order valence-electron chi connectivity index (χ3n) is 4.38. The number of anilines is 1. The number of sulfone groups is 1. The van der Waals surface area contributed by atoms with Gasteiger partial charge in [-0.25, -0.2) is 13.1 Å². The number of nitrogen functional groups attached to an aromatic ring is 1. The Hall–Kier alpha value is -1.08. The molecule has 3 rings (SSSR count). The molecule has 2 aliphatic heterocycles. The molecule has 21 heavy (non-hydrogen) atoms. The molecule has 3 heterocycles. The average Bonchev–Trinajstić information content (AvgIpc) is 3.07. The first-order chi connectivity index (χ1) is 9.89. The number of nitrogens with two attached hydrogens (primary N) is 1. The number of ether oxygens (including phenoxy) is 1. The zero-order valence-corrected chi connectivity index (χ0v) is 13.4. The van der Waals surface area contributed by atoms with Gasteiger partial charge >= 0.3 is 0 Å². The van der Waals surface area contributed by atoms with Gasteiger partial charge in [-0.1, -0.05) is 13.8 Å². The number of hydrogen-bond donors (Lipinski definition) is 1. The molecule has 2 N–H and O–H groups in total. The molecule has 0 amide bonds. The first-order valence-electron chi connectivity index (χ1n) is 7.59. The fraction of sp³-hybridized carbons (Fsp3) is 0.786. The molecule has 0 spiro atoms. The van der Waals surface area contributed by atoms with Crippen LogP contribution in [-0.4, -0.2) is 36.3 Å². The highest BCUT2D eigenvalue weighted by atomic mass is 32.2. The predicted octanol–water partition coefficient (Wildman–Crippen LogP) is 1.80. The quantitative estimate of drug-likeness (QED) is 0.919. The van der Waals surface area contributed by atoms with Crippen molar-refractivity contribution in [1.82, 2.24) is 9.78 Å². The number of nitrogens with zero attached hydrogens (tertiary/aromatic N) is 2. The SMILES string of the molecule is CC(C)c1c(C2CCCO2)nn(C2CCS(=O)(=O)C2)c1N. The monoisotopic (exact) mass is 313 g/mol. The second-order valence-electron chi connectivity index (χ2n) is 6.34. The Morgan fingerprint density at radius 2 is 2.14 bits per heavy atom. The van der Waals surface area contributed by atoms with E-state index in [0.29, 0.717) is 12.2 Å². The number of hydrogen-bond acceptors (Lipinski definition) is 5. The normalized spacial score (nSPS) is 28.5. The van der Waals surface area contributed by atoms with Gasteiger partial charge in [0.1, 0.15) is 11.9 Å². The van der Waals surface area contributed by atoms with E-state index in [1.807, 2.05) is 0 Å². The van der Waals surface area contributed by atoms with Crippen LogP contribution in [0.2, 0.25) is 0 Å². The fourth-order valence-corrected chi connectivity index (χ4v) is 5.04. The van der Waals surface area contributed by atoms with Crippen molar-refractivity contribution in [3.8, 4) is 0 Å². The minimum atomic E-state index is -2.95.